The van der Waals surface area contributed by atoms with Crippen molar-refractivity contribution in [1.29, 1.82) is 0 Å². The van der Waals surface area contributed by atoms with Gasteiger partial charge in [0, 0.05) is 31.9 Å². The summed E-state index contributed by atoms with van der Waals surface area (Å²) < 4.78 is 1.73. The summed E-state index contributed by atoms with van der Waals surface area (Å²) in [6.45, 7) is 5.43. The number of nitrogens with two attached hydrogens (primary N) is 1. The van der Waals surface area contributed by atoms with Crippen molar-refractivity contribution in [3.05, 3.63) is 17.5 Å². The van der Waals surface area contributed by atoms with Crippen molar-refractivity contribution in [2.24, 2.45) is 18.7 Å². The molecule has 1 aliphatic rings. The van der Waals surface area contributed by atoms with Gasteiger partial charge in [0.05, 0.1) is 0 Å². The summed E-state index contributed by atoms with van der Waals surface area (Å²) in [4.78, 5) is 14.4. The minimum absolute atomic E-state index is 0.0145. The molecule has 1 amide bonds. The van der Waals surface area contributed by atoms with E-state index in [0.717, 1.165) is 25.1 Å². The monoisotopic (exact) mass is 250 g/mol. The van der Waals surface area contributed by atoms with Gasteiger partial charge < -0.3 is 10.6 Å². The first kappa shape index (κ1) is 13.1. The third-order valence-corrected chi connectivity index (χ3v) is 3.95. The molecule has 2 heterocycles. The number of amides is 1. The molecule has 0 bridgehead atoms. The molecule has 2 rings (SSSR count). The molecule has 0 saturated carbocycles. The number of carbonyl (C=O) groups is 1. The van der Waals surface area contributed by atoms with Crippen LogP contribution in [0.1, 0.15) is 35.9 Å². The number of nitrogens with zero attached hydrogens (tertiary/aromatic N) is 3. The number of aromatic nitrogens is 2. The molecule has 0 aliphatic carbocycles. The second-order valence-electron chi connectivity index (χ2n) is 5.22. The second kappa shape index (κ2) is 5.10. The summed E-state index contributed by atoms with van der Waals surface area (Å²) in [5.41, 5.74) is 7.34. The lowest BCUT2D eigenvalue weighted by Crippen LogP contribution is -2.51. The molecule has 1 aromatic heterocycles. The highest BCUT2D eigenvalue weighted by Crippen LogP contribution is 2.24. The number of piperidine rings is 1. The summed E-state index contributed by atoms with van der Waals surface area (Å²) in [6.07, 6.45) is 2.20. The van der Waals surface area contributed by atoms with E-state index in [2.05, 4.69) is 12.0 Å². The van der Waals surface area contributed by atoms with Crippen LogP contribution in [-0.2, 0) is 7.05 Å². The first-order valence-electron chi connectivity index (χ1n) is 6.56. The van der Waals surface area contributed by atoms with Crippen molar-refractivity contribution in [2.75, 3.05) is 13.1 Å². The maximum atomic E-state index is 12.5. The zero-order valence-electron chi connectivity index (χ0n) is 11.4. The van der Waals surface area contributed by atoms with Crippen molar-refractivity contribution in [1.82, 2.24) is 14.7 Å². The molecule has 5 nitrogen and oxygen atoms in total. The minimum Gasteiger partial charge on any atom is -0.333 e. The summed E-state index contributed by atoms with van der Waals surface area (Å²) in [5, 5.41) is 4.26. The minimum atomic E-state index is 0.0145. The van der Waals surface area contributed by atoms with Gasteiger partial charge in [-0.1, -0.05) is 6.92 Å². The number of aryl methyl sites for hydroxylation is 2. The van der Waals surface area contributed by atoms with Crippen LogP contribution >= 0.6 is 0 Å². The zero-order valence-corrected chi connectivity index (χ0v) is 11.4. The van der Waals surface area contributed by atoms with Crippen molar-refractivity contribution in [2.45, 2.75) is 32.7 Å². The lowest BCUT2D eigenvalue weighted by molar-refractivity contribution is 0.0526. The lowest BCUT2D eigenvalue weighted by Gasteiger charge is -2.39. The highest BCUT2D eigenvalue weighted by Gasteiger charge is 2.32. The SMILES string of the molecule is Cc1cc(C(=O)N2CCCC(C)C2CN)nn1C. The van der Waals surface area contributed by atoms with Crippen LogP contribution in [0.2, 0.25) is 0 Å². The van der Waals surface area contributed by atoms with Crippen molar-refractivity contribution in [3.63, 3.8) is 0 Å². The predicted octanol–water partition coefficient (Wildman–Crippen LogP) is 0.928. The van der Waals surface area contributed by atoms with Crippen molar-refractivity contribution < 1.29 is 4.79 Å². The number of carbonyl (C=O) groups excluding carboxylic acids is 1. The molecule has 0 radical (unpaired) electrons. The molecule has 0 spiro atoms. The van der Waals surface area contributed by atoms with Crippen LogP contribution in [0, 0.1) is 12.8 Å². The van der Waals surface area contributed by atoms with Crippen molar-refractivity contribution >= 4 is 5.91 Å². The first-order chi connectivity index (χ1) is 8.54. The Bertz CT molecular complexity index is 421. The Morgan fingerprint density at radius 2 is 2.33 bits per heavy atom. The van der Waals surface area contributed by atoms with E-state index in [4.69, 9.17) is 5.73 Å². The van der Waals surface area contributed by atoms with Gasteiger partial charge in [-0.05, 0) is 31.7 Å². The third-order valence-electron chi connectivity index (χ3n) is 3.95. The predicted molar refractivity (Wildman–Crippen MR) is 70.2 cm³/mol. The standard InChI is InChI=1S/C13H22N4O/c1-9-5-4-6-17(12(9)8-14)13(18)11-7-10(2)16(3)15-11/h7,9,12H,4-6,8,14H2,1-3H3. The van der Waals surface area contributed by atoms with Gasteiger partial charge in [0.15, 0.2) is 5.69 Å². The Hall–Kier alpha value is -1.36. The van der Waals surface area contributed by atoms with Gasteiger partial charge in [-0.25, -0.2) is 0 Å². The van der Waals surface area contributed by atoms with E-state index in [1.165, 1.54) is 0 Å². The molecule has 18 heavy (non-hydrogen) atoms. The Morgan fingerprint density at radius 3 is 2.89 bits per heavy atom. The number of hydrogen-bond acceptors (Lipinski definition) is 3. The van der Waals surface area contributed by atoms with Crippen LogP contribution in [0.25, 0.3) is 0 Å². The van der Waals surface area contributed by atoms with Crippen LogP contribution in [0.5, 0.6) is 0 Å². The van der Waals surface area contributed by atoms with E-state index in [1.54, 1.807) is 4.68 Å². The lowest BCUT2D eigenvalue weighted by atomic mass is 9.90. The van der Waals surface area contributed by atoms with Crippen molar-refractivity contribution in [3.8, 4) is 0 Å². The molecule has 2 atom stereocenters. The normalized spacial score (nSPS) is 24.3. The maximum Gasteiger partial charge on any atom is 0.274 e. The molecule has 0 aromatic carbocycles. The Labute approximate surface area is 108 Å². The molecule has 1 fully saturated rings. The molecule has 2 unspecified atom stereocenters. The second-order valence-corrected chi connectivity index (χ2v) is 5.22. The fraction of sp³-hybridized carbons (Fsp3) is 0.692. The van der Waals surface area contributed by atoms with E-state index < -0.39 is 0 Å². The fourth-order valence-corrected chi connectivity index (χ4v) is 2.67. The van der Waals surface area contributed by atoms with E-state index in [0.29, 0.717) is 18.2 Å². The quantitative estimate of drug-likeness (QED) is 0.849. The Balaban J connectivity index is 2.21. The molecule has 2 N–H and O–H groups in total. The Morgan fingerprint density at radius 1 is 1.61 bits per heavy atom. The number of rotatable bonds is 2. The Kier molecular flexibility index (Phi) is 3.71. The molecule has 1 saturated heterocycles. The van der Waals surface area contributed by atoms with E-state index in [-0.39, 0.29) is 11.9 Å². The molecule has 1 aromatic rings. The van der Waals surface area contributed by atoms with Gasteiger partial charge in [0.1, 0.15) is 0 Å². The van der Waals surface area contributed by atoms with Gasteiger partial charge in [0.25, 0.3) is 5.91 Å². The largest absolute Gasteiger partial charge is 0.333 e. The fourth-order valence-electron chi connectivity index (χ4n) is 2.67. The molecular formula is C13H22N4O. The molecule has 1 aliphatic heterocycles. The molecule has 5 heteroatoms. The number of likely N-dealkylation sites (tertiary alicyclic amines) is 1. The van der Waals surface area contributed by atoms with E-state index in [1.807, 2.05) is 24.9 Å². The van der Waals surface area contributed by atoms with E-state index in [9.17, 15) is 4.79 Å². The van der Waals surface area contributed by atoms with Gasteiger partial charge in [-0.3, -0.25) is 9.48 Å². The maximum absolute atomic E-state index is 12.5. The van der Waals surface area contributed by atoms with Gasteiger partial charge >= 0.3 is 0 Å². The summed E-state index contributed by atoms with van der Waals surface area (Å²) in [7, 11) is 1.85. The average Bonchev–Trinajstić information content (AvgIpc) is 2.68. The third kappa shape index (κ3) is 2.27. The van der Waals surface area contributed by atoms with E-state index >= 15 is 0 Å². The highest BCUT2D eigenvalue weighted by molar-refractivity contribution is 5.92. The number of hydrogen-bond donors (Lipinski definition) is 1. The van der Waals surface area contributed by atoms with Gasteiger partial charge in [-0.15, -0.1) is 0 Å². The van der Waals surface area contributed by atoms with Gasteiger partial charge in [-0.2, -0.15) is 5.10 Å². The average molecular weight is 250 g/mol. The van der Waals surface area contributed by atoms with Gasteiger partial charge in [0.2, 0.25) is 0 Å². The summed E-state index contributed by atoms with van der Waals surface area (Å²) >= 11 is 0. The van der Waals surface area contributed by atoms with Crippen LogP contribution in [0.4, 0.5) is 0 Å². The van der Waals surface area contributed by atoms with Crippen LogP contribution in [-0.4, -0.2) is 39.7 Å². The highest BCUT2D eigenvalue weighted by atomic mass is 16.2. The smallest absolute Gasteiger partial charge is 0.274 e. The topological polar surface area (TPSA) is 64.2 Å². The molecular weight excluding hydrogens is 228 g/mol. The van der Waals surface area contributed by atoms with Crippen LogP contribution < -0.4 is 5.73 Å². The first-order valence-corrected chi connectivity index (χ1v) is 6.56. The molecule has 100 valence electrons. The summed E-state index contributed by atoms with van der Waals surface area (Å²) in [6, 6.07) is 1.99. The zero-order chi connectivity index (χ0) is 13.3. The van der Waals surface area contributed by atoms with Crippen LogP contribution in [0.3, 0.4) is 0 Å². The summed E-state index contributed by atoms with van der Waals surface area (Å²) in [5.74, 6) is 0.484. The van der Waals surface area contributed by atoms with Crippen LogP contribution in [0.15, 0.2) is 6.07 Å².